The van der Waals surface area contributed by atoms with E-state index in [1.54, 1.807) is 31.2 Å². The molecule has 0 aliphatic carbocycles. The van der Waals surface area contributed by atoms with Crippen molar-refractivity contribution < 1.29 is 22.3 Å². The predicted molar refractivity (Wildman–Crippen MR) is 100 cm³/mol. The summed E-state index contributed by atoms with van der Waals surface area (Å²) in [7, 11) is -3.93. The molecule has 144 valence electrons. The summed E-state index contributed by atoms with van der Waals surface area (Å²) in [6.07, 6.45) is 1.03. The number of rotatable bonds is 5. The molecular weight excluding hydrogens is 407 g/mol. The summed E-state index contributed by atoms with van der Waals surface area (Å²) in [6.45, 7) is 1.79. The molecule has 6 nitrogen and oxygen atoms in total. The second-order valence-corrected chi connectivity index (χ2v) is 8.17. The molecule has 0 N–H and O–H groups in total. The number of carbonyl (C=O) groups is 1. The molecule has 1 aromatic heterocycles. The van der Waals surface area contributed by atoms with Crippen LogP contribution in [0, 0.1) is 12.7 Å². The smallest absolute Gasteiger partial charge is 0.364 e. The second kappa shape index (κ2) is 8.04. The quantitative estimate of drug-likeness (QED) is 0.355. The number of halogens is 2. The molecule has 28 heavy (non-hydrogen) atoms. The van der Waals surface area contributed by atoms with E-state index in [1.807, 2.05) is 0 Å². The van der Waals surface area contributed by atoms with Gasteiger partial charge in [0.2, 0.25) is 15.0 Å². The topological polar surface area (TPSA) is 86.2 Å². The molecule has 2 aromatic carbocycles. The summed E-state index contributed by atoms with van der Waals surface area (Å²) >= 11 is 5.94. The van der Waals surface area contributed by atoms with Gasteiger partial charge in [-0.15, -0.1) is 0 Å². The van der Waals surface area contributed by atoms with Crippen LogP contribution in [-0.4, -0.2) is 24.4 Å². The van der Waals surface area contributed by atoms with E-state index in [4.69, 9.17) is 16.3 Å². The van der Waals surface area contributed by atoms with Crippen LogP contribution in [0.3, 0.4) is 0 Å². The summed E-state index contributed by atoms with van der Waals surface area (Å²) < 4.78 is 43.4. The zero-order chi connectivity index (χ0) is 20.3. The first-order chi connectivity index (χ1) is 13.3. The first-order valence-corrected chi connectivity index (χ1v) is 10.1. The van der Waals surface area contributed by atoms with Gasteiger partial charge >= 0.3 is 5.97 Å². The van der Waals surface area contributed by atoms with Gasteiger partial charge < -0.3 is 4.74 Å². The fourth-order valence-electron chi connectivity index (χ4n) is 2.34. The van der Waals surface area contributed by atoms with Crippen LogP contribution in [0.4, 0.5) is 4.39 Å². The SMILES string of the molecule is Cc1ccccc1CS(=O)(=O)c1ncc(Cl)c(C(=O)Oc2ccc(F)cc2)n1. The third-order valence-corrected chi connectivity index (χ3v) is 5.55. The zero-order valence-electron chi connectivity index (χ0n) is 14.6. The van der Waals surface area contributed by atoms with E-state index in [9.17, 15) is 17.6 Å². The molecular formula is C19H14ClFN2O4S. The maximum absolute atomic E-state index is 13.0. The number of aryl methyl sites for hydroxylation is 1. The minimum absolute atomic E-state index is 0.0606. The highest BCUT2D eigenvalue weighted by molar-refractivity contribution is 7.90. The monoisotopic (exact) mass is 420 g/mol. The van der Waals surface area contributed by atoms with E-state index in [-0.39, 0.29) is 16.5 Å². The van der Waals surface area contributed by atoms with Crippen molar-refractivity contribution in [3.8, 4) is 5.75 Å². The Bertz CT molecular complexity index is 1130. The molecule has 0 atom stereocenters. The molecule has 0 aliphatic rings. The molecule has 0 bridgehead atoms. The van der Waals surface area contributed by atoms with Crippen LogP contribution in [0.1, 0.15) is 21.6 Å². The Kier molecular flexibility index (Phi) is 5.71. The number of ether oxygens (including phenoxy) is 1. The summed E-state index contributed by atoms with van der Waals surface area (Å²) in [6, 6.07) is 11.7. The van der Waals surface area contributed by atoms with Crippen LogP contribution in [0.25, 0.3) is 0 Å². The van der Waals surface area contributed by atoms with Crippen LogP contribution in [0.2, 0.25) is 5.02 Å². The molecule has 0 saturated heterocycles. The summed E-state index contributed by atoms with van der Waals surface area (Å²) in [5, 5.41) is -0.701. The summed E-state index contributed by atoms with van der Waals surface area (Å²) in [5.74, 6) is -1.74. The summed E-state index contributed by atoms with van der Waals surface area (Å²) in [4.78, 5) is 19.9. The van der Waals surface area contributed by atoms with Crippen molar-refractivity contribution in [2.45, 2.75) is 17.8 Å². The van der Waals surface area contributed by atoms with Gasteiger partial charge in [-0.3, -0.25) is 0 Å². The lowest BCUT2D eigenvalue weighted by Gasteiger charge is -2.09. The average molecular weight is 421 g/mol. The molecule has 3 aromatic rings. The maximum atomic E-state index is 13.0. The zero-order valence-corrected chi connectivity index (χ0v) is 16.2. The normalized spacial score (nSPS) is 11.2. The number of benzene rings is 2. The third kappa shape index (κ3) is 4.52. The number of sulfone groups is 1. The highest BCUT2D eigenvalue weighted by Gasteiger charge is 2.24. The number of hydrogen-bond acceptors (Lipinski definition) is 6. The number of aromatic nitrogens is 2. The lowest BCUT2D eigenvalue weighted by atomic mass is 10.1. The Hall–Kier alpha value is -2.84. The number of hydrogen-bond donors (Lipinski definition) is 0. The van der Waals surface area contributed by atoms with Gasteiger partial charge in [-0.1, -0.05) is 35.9 Å². The first-order valence-electron chi connectivity index (χ1n) is 8.04. The van der Waals surface area contributed by atoms with Gasteiger partial charge in [0.1, 0.15) is 11.6 Å². The summed E-state index contributed by atoms with van der Waals surface area (Å²) in [5.41, 5.74) is 0.997. The predicted octanol–water partition coefficient (Wildman–Crippen LogP) is 3.77. The maximum Gasteiger partial charge on any atom is 0.364 e. The third-order valence-electron chi connectivity index (χ3n) is 3.82. The molecule has 9 heteroatoms. The highest BCUT2D eigenvalue weighted by Crippen LogP contribution is 2.21. The lowest BCUT2D eigenvalue weighted by molar-refractivity contribution is 0.0727. The van der Waals surface area contributed by atoms with Crippen molar-refractivity contribution in [2.24, 2.45) is 0 Å². The fourth-order valence-corrected chi connectivity index (χ4v) is 3.82. The van der Waals surface area contributed by atoms with E-state index in [0.29, 0.717) is 5.56 Å². The van der Waals surface area contributed by atoms with Crippen LogP contribution >= 0.6 is 11.6 Å². The first kappa shape index (κ1) is 19.9. The average Bonchev–Trinajstić information content (AvgIpc) is 2.65. The van der Waals surface area contributed by atoms with Gasteiger partial charge in [0, 0.05) is 0 Å². The van der Waals surface area contributed by atoms with Crippen molar-refractivity contribution in [3.63, 3.8) is 0 Å². The van der Waals surface area contributed by atoms with Crippen LogP contribution in [0.15, 0.2) is 59.9 Å². The minimum Gasteiger partial charge on any atom is -0.422 e. The molecule has 0 spiro atoms. The molecule has 1 heterocycles. The van der Waals surface area contributed by atoms with Gasteiger partial charge in [0.25, 0.3) is 0 Å². The largest absolute Gasteiger partial charge is 0.422 e. The molecule has 0 saturated carbocycles. The van der Waals surface area contributed by atoms with Gasteiger partial charge in [0.15, 0.2) is 5.69 Å². The number of carbonyl (C=O) groups excluding carboxylic acids is 1. The second-order valence-electron chi connectivity index (χ2n) is 5.88. The minimum atomic E-state index is -3.93. The van der Waals surface area contributed by atoms with Gasteiger partial charge in [-0.05, 0) is 42.3 Å². The highest BCUT2D eigenvalue weighted by atomic mass is 35.5. The van der Waals surface area contributed by atoms with Gasteiger partial charge in [0.05, 0.1) is 17.0 Å². The lowest BCUT2D eigenvalue weighted by Crippen LogP contribution is -2.16. The molecule has 0 amide bonds. The molecule has 0 aliphatic heterocycles. The van der Waals surface area contributed by atoms with Crippen molar-refractivity contribution in [1.29, 1.82) is 0 Å². The van der Waals surface area contributed by atoms with Gasteiger partial charge in [-0.2, -0.15) is 0 Å². The van der Waals surface area contributed by atoms with Crippen molar-refractivity contribution in [1.82, 2.24) is 9.97 Å². The van der Waals surface area contributed by atoms with E-state index < -0.39 is 32.5 Å². The van der Waals surface area contributed by atoms with Gasteiger partial charge in [-0.25, -0.2) is 27.6 Å². The Morgan fingerprint density at radius 3 is 2.50 bits per heavy atom. The van der Waals surface area contributed by atoms with E-state index >= 15 is 0 Å². The molecule has 0 radical (unpaired) electrons. The Morgan fingerprint density at radius 1 is 1.14 bits per heavy atom. The van der Waals surface area contributed by atoms with Crippen molar-refractivity contribution in [2.75, 3.05) is 0 Å². The van der Waals surface area contributed by atoms with Crippen LogP contribution in [0.5, 0.6) is 5.75 Å². The van der Waals surface area contributed by atoms with Crippen LogP contribution in [-0.2, 0) is 15.6 Å². The van der Waals surface area contributed by atoms with Crippen molar-refractivity contribution in [3.05, 3.63) is 82.4 Å². The Morgan fingerprint density at radius 2 is 1.82 bits per heavy atom. The standard InChI is InChI=1S/C19H14ClFN2O4S/c1-12-4-2-3-5-13(12)11-28(25,26)19-22-10-16(20)17(23-19)18(24)27-15-8-6-14(21)7-9-15/h2-10H,11H2,1H3. The van der Waals surface area contributed by atoms with Crippen LogP contribution < -0.4 is 4.74 Å². The van der Waals surface area contributed by atoms with E-state index in [0.717, 1.165) is 23.9 Å². The van der Waals surface area contributed by atoms with E-state index in [2.05, 4.69) is 9.97 Å². The molecule has 3 rings (SSSR count). The number of esters is 1. The number of nitrogens with zero attached hydrogens (tertiary/aromatic N) is 2. The Balaban J connectivity index is 1.89. The fraction of sp³-hybridized carbons (Fsp3) is 0.105. The molecule has 0 unspecified atom stereocenters. The van der Waals surface area contributed by atoms with Crippen molar-refractivity contribution >= 4 is 27.4 Å². The molecule has 0 fully saturated rings. The Labute approximate surface area is 165 Å². The van der Waals surface area contributed by atoms with E-state index in [1.165, 1.54) is 12.1 Å².